The quantitative estimate of drug-likeness (QED) is 0.122. The van der Waals surface area contributed by atoms with Crippen molar-refractivity contribution in [3.05, 3.63) is 370 Å². The number of allylic oxidation sites excluding steroid dienone is 2. The fourth-order valence-electron chi connectivity index (χ4n) is 15.9. The van der Waals surface area contributed by atoms with Crippen LogP contribution in [0.3, 0.4) is 0 Å². The van der Waals surface area contributed by atoms with Crippen LogP contribution in [0, 0.1) is 0 Å². The molecule has 2 aromatic heterocycles. The average Bonchev–Trinajstić information content (AvgIpc) is 1.47. The van der Waals surface area contributed by atoms with Gasteiger partial charge in [0.05, 0.1) is 73.6 Å². The third-order valence-electron chi connectivity index (χ3n) is 19.9. The van der Waals surface area contributed by atoms with E-state index in [9.17, 15) is 0 Å². The molecule has 96 heavy (non-hydrogen) atoms. The molecule has 6 nitrogen and oxygen atoms in total. The highest BCUT2D eigenvalue weighted by Crippen LogP contribution is 2.54. The molecule has 0 amide bonds. The normalized spacial score (nSPS) is 14.1. The molecule has 0 saturated heterocycles. The molecular formula is C90H62N6. The van der Waals surface area contributed by atoms with Gasteiger partial charge in [0, 0.05) is 88.2 Å². The SMILES string of the molecule is C1=CC2c3ccccc3N(c3ccc(N(c4ccccc4)c4cc(N(c5ccccc5)c5ccc(-n6c7ccccc7c7ccccc76)c6ccccc56)cc(N(c5ccccc5)c5ccc(-n6c7ccccc7c7ccccc76)c6ccccc56)c4)c4ccccc34)C2C=C1. The molecule has 452 valence electrons. The maximum Gasteiger partial charge on any atom is 0.0629 e. The Hall–Kier alpha value is -12.6. The number of benzene rings is 15. The van der Waals surface area contributed by atoms with Crippen molar-refractivity contribution in [1.29, 1.82) is 0 Å². The Labute approximate surface area is 556 Å². The lowest BCUT2D eigenvalue weighted by molar-refractivity contribution is 0.746. The Balaban J connectivity index is 0.883. The number of aromatic nitrogens is 2. The molecular weight excluding hydrogens is 1170 g/mol. The largest absolute Gasteiger partial charge is 0.333 e. The van der Waals surface area contributed by atoms with Crippen LogP contribution in [0.1, 0.15) is 11.5 Å². The average molecular weight is 1230 g/mol. The lowest BCUT2D eigenvalue weighted by Gasteiger charge is -2.35. The summed E-state index contributed by atoms with van der Waals surface area (Å²) in [7, 11) is 0. The van der Waals surface area contributed by atoms with Crippen LogP contribution < -0.4 is 19.6 Å². The summed E-state index contributed by atoms with van der Waals surface area (Å²) in [6.07, 6.45) is 9.15. The first-order chi connectivity index (χ1) is 47.7. The van der Waals surface area contributed by atoms with Crippen LogP contribution in [0.2, 0.25) is 0 Å². The highest BCUT2D eigenvalue weighted by Gasteiger charge is 2.38. The summed E-state index contributed by atoms with van der Waals surface area (Å²) < 4.78 is 4.90. The molecule has 0 bridgehead atoms. The number of rotatable bonds is 12. The molecule has 1 aliphatic heterocycles. The molecule has 0 saturated carbocycles. The van der Waals surface area contributed by atoms with E-state index < -0.39 is 0 Å². The van der Waals surface area contributed by atoms with Crippen molar-refractivity contribution in [1.82, 2.24) is 9.13 Å². The third kappa shape index (κ3) is 8.73. The molecule has 17 aromatic rings. The van der Waals surface area contributed by atoms with E-state index in [1.165, 1.54) is 65.9 Å². The standard InChI is InChI=1S/C90H62N6/c1-4-28-61(29-5-1)91(85-52-55-88(76-37-13-10-34-73(76)85)94-79-46-22-16-40-67(79)68-41-17-23-47-80(68)94)64-58-65(92(62-30-6-2-7-31-62)86-53-56-89(77-38-14-11-35-74(77)86)95-81-48-24-18-42-69(81)70-43-19-25-49-82(70)95)60-66(59-64)93(63-32-8-3-9-33-63)87-54-57-90(78-39-15-12-36-75(78)87)96-83-50-26-20-44-71(83)72-45-21-27-51-84(72)96/h1-60,67,79H. The summed E-state index contributed by atoms with van der Waals surface area (Å²) in [5, 5.41) is 11.8. The minimum atomic E-state index is 0.137. The van der Waals surface area contributed by atoms with Crippen molar-refractivity contribution < 1.29 is 0 Å². The number of fused-ring (bicyclic) bond motifs is 12. The van der Waals surface area contributed by atoms with Crippen LogP contribution >= 0.6 is 0 Å². The van der Waals surface area contributed by atoms with Crippen molar-refractivity contribution in [2.24, 2.45) is 0 Å². The maximum atomic E-state index is 2.57. The highest BCUT2D eigenvalue weighted by molar-refractivity contribution is 6.15. The van der Waals surface area contributed by atoms with E-state index in [4.69, 9.17) is 0 Å². The van der Waals surface area contributed by atoms with Gasteiger partial charge in [0.25, 0.3) is 0 Å². The van der Waals surface area contributed by atoms with Crippen LogP contribution in [0.4, 0.5) is 62.6 Å². The van der Waals surface area contributed by atoms with Gasteiger partial charge >= 0.3 is 0 Å². The monoisotopic (exact) mass is 1230 g/mol. The van der Waals surface area contributed by atoms with Crippen LogP contribution in [-0.2, 0) is 0 Å². The van der Waals surface area contributed by atoms with Gasteiger partial charge in [-0.1, -0.05) is 243 Å². The fraction of sp³-hybridized carbons (Fsp3) is 0.0222. The lowest BCUT2D eigenvalue weighted by Crippen LogP contribution is -2.28. The van der Waals surface area contributed by atoms with Crippen molar-refractivity contribution in [3.8, 4) is 11.4 Å². The molecule has 15 aromatic carbocycles. The maximum absolute atomic E-state index is 2.57. The van der Waals surface area contributed by atoms with Gasteiger partial charge in [-0.05, 0) is 127 Å². The van der Waals surface area contributed by atoms with Gasteiger partial charge < -0.3 is 28.7 Å². The first-order valence-electron chi connectivity index (χ1n) is 33.2. The number of para-hydroxylation sites is 8. The second-order valence-corrected chi connectivity index (χ2v) is 25.1. The Bertz CT molecular complexity index is 5600. The van der Waals surface area contributed by atoms with Crippen molar-refractivity contribution >= 4 is 138 Å². The summed E-state index contributed by atoms with van der Waals surface area (Å²) >= 11 is 0. The summed E-state index contributed by atoms with van der Waals surface area (Å²) in [5.41, 5.74) is 19.9. The summed E-state index contributed by atoms with van der Waals surface area (Å²) in [6.45, 7) is 0. The number of nitrogens with zero attached hydrogens (tertiary/aromatic N) is 6. The minimum absolute atomic E-state index is 0.137. The summed E-state index contributed by atoms with van der Waals surface area (Å²) in [6, 6.07) is 125. The van der Waals surface area contributed by atoms with Gasteiger partial charge in [0.1, 0.15) is 0 Å². The van der Waals surface area contributed by atoms with Gasteiger partial charge in [0.2, 0.25) is 0 Å². The molecule has 2 aliphatic rings. The zero-order chi connectivity index (χ0) is 63.2. The van der Waals surface area contributed by atoms with E-state index in [1.54, 1.807) is 0 Å². The summed E-state index contributed by atoms with van der Waals surface area (Å²) in [4.78, 5) is 10.0. The van der Waals surface area contributed by atoms with Gasteiger partial charge in [-0.15, -0.1) is 0 Å². The van der Waals surface area contributed by atoms with Crippen molar-refractivity contribution in [2.75, 3.05) is 19.6 Å². The molecule has 0 fully saturated rings. The molecule has 6 heteroatoms. The van der Waals surface area contributed by atoms with Crippen molar-refractivity contribution in [3.63, 3.8) is 0 Å². The van der Waals surface area contributed by atoms with Crippen LogP contribution in [0.5, 0.6) is 0 Å². The van der Waals surface area contributed by atoms with Gasteiger partial charge in [0.15, 0.2) is 0 Å². The first kappa shape index (κ1) is 55.0. The van der Waals surface area contributed by atoms with Crippen LogP contribution in [-0.4, -0.2) is 15.2 Å². The number of hydrogen-bond donors (Lipinski definition) is 0. The zero-order valence-electron chi connectivity index (χ0n) is 52.5. The summed E-state index contributed by atoms with van der Waals surface area (Å²) in [5.74, 6) is 0.246. The fourth-order valence-corrected chi connectivity index (χ4v) is 15.9. The molecule has 3 heterocycles. The lowest BCUT2D eigenvalue weighted by atomic mass is 9.91. The zero-order valence-corrected chi connectivity index (χ0v) is 52.5. The molecule has 19 rings (SSSR count). The Morgan fingerprint density at radius 1 is 0.219 bits per heavy atom. The number of anilines is 11. The smallest absolute Gasteiger partial charge is 0.0629 e. The van der Waals surface area contributed by atoms with Gasteiger partial charge in [-0.3, -0.25) is 0 Å². The third-order valence-corrected chi connectivity index (χ3v) is 19.9. The van der Waals surface area contributed by atoms with Gasteiger partial charge in [-0.2, -0.15) is 0 Å². The second kappa shape index (κ2) is 22.6. The Morgan fingerprint density at radius 3 is 0.917 bits per heavy atom. The molecule has 0 radical (unpaired) electrons. The predicted octanol–water partition coefficient (Wildman–Crippen LogP) is 24.5. The van der Waals surface area contributed by atoms with E-state index in [0.29, 0.717) is 0 Å². The highest BCUT2D eigenvalue weighted by atomic mass is 15.2. The first-order valence-corrected chi connectivity index (χ1v) is 33.2. The molecule has 2 unspecified atom stereocenters. The Morgan fingerprint density at radius 2 is 0.521 bits per heavy atom. The van der Waals surface area contributed by atoms with Gasteiger partial charge in [-0.25, -0.2) is 0 Å². The van der Waals surface area contributed by atoms with E-state index in [0.717, 1.165) is 89.5 Å². The topological polar surface area (TPSA) is 22.8 Å². The molecule has 0 N–H and O–H groups in total. The van der Waals surface area contributed by atoms with E-state index in [2.05, 4.69) is 393 Å². The molecule has 2 atom stereocenters. The second-order valence-electron chi connectivity index (χ2n) is 25.1. The van der Waals surface area contributed by atoms with E-state index >= 15 is 0 Å². The van der Waals surface area contributed by atoms with Crippen LogP contribution in [0.15, 0.2) is 364 Å². The molecule has 1 aliphatic carbocycles. The van der Waals surface area contributed by atoms with E-state index in [1.807, 2.05) is 0 Å². The van der Waals surface area contributed by atoms with E-state index in [-0.39, 0.29) is 12.0 Å². The van der Waals surface area contributed by atoms with Crippen LogP contribution in [0.25, 0.3) is 87.3 Å². The minimum Gasteiger partial charge on any atom is -0.333 e. The Kier molecular flexibility index (Phi) is 12.9. The molecule has 0 spiro atoms. The predicted molar refractivity (Wildman–Crippen MR) is 405 cm³/mol. The number of hydrogen-bond acceptors (Lipinski definition) is 4. The van der Waals surface area contributed by atoms with Crippen molar-refractivity contribution in [2.45, 2.75) is 12.0 Å².